The van der Waals surface area contributed by atoms with E-state index >= 15 is 0 Å². The Morgan fingerprint density at radius 1 is 1.11 bits per heavy atom. The van der Waals surface area contributed by atoms with Crippen LogP contribution in [0.4, 0.5) is 10.1 Å². The van der Waals surface area contributed by atoms with Crippen molar-refractivity contribution in [2.45, 2.75) is 18.9 Å². The summed E-state index contributed by atoms with van der Waals surface area (Å²) < 4.78 is 13.3. The molecule has 0 saturated heterocycles. The first-order valence-corrected chi connectivity index (χ1v) is 6.35. The highest BCUT2D eigenvalue weighted by atomic mass is 32.1. The predicted octanol–water partition coefficient (Wildman–Crippen LogP) is 1.65. The van der Waals surface area contributed by atoms with Gasteiger partial charge in [0.1, 0.15) is 5.82 Å². The van der Waals surface area contributed by atoms with E-state index in [2.05, 4.69) is 21.5 Å². The Balaban J connectivity index is 1.74. The number of hydrazine groups is 1. The zero-order chi connectivity index (χ0) is 13.0. The normalized spacial score (nSPS) is 13.6. The van der Waals surface area contributed by atoms with E-state index in [4.69, 9.17) is 24.4 Å². The largest absolute Gasteiger partial charge is 0.359 e. The number of halogens is 1. The second kappa shape index (κ2) is 5.92. The molecule has 4 nitrogen and oxygen atoms in total. The average molecular weight is 284 g/mol. The molecule has 1 aliphatic carbocycles. The van der Waals surface area contributed by atoms with Crippen molar-refractivity contribution in [1.29, 1.82) is 0 Å². The molecule has 0 unspecified atom stereocenters. The maximum absolute atomic E-state index is 13.3. The monoisotopic (exact) mass is 284 g/mol. The maximum Gasteiger partial charge on any atom is 0.189 e. The standard InChI is InChI=1S/C11H13FN4S2/c12-8-3-1-2-4-9(8)14-11(18)16-15-10(17)13-7-5-6-7/h1-4,7H,5-6H2,(H2,13,15,17)(H2,14,16,18). The SMILES string of the molecule is Fc1ccccc1NC(=S)NNC(=S)NC1CC1. The molecule has 0 heterocycles. The number of benzene rings is 1. The van der Waals surface area contributed by atoms with Crippen molar-refractivity contribution in [2.75, 3.05) is 5.32 Å². The minimum atomic E-state index is -0.361. The lowest BCUT2D eigenvalue weighted by Gasteiger charge is -2.14. The van der Waals surface area contributed by atoms with Crippen molar-refractivity contribution < 1.29 is 4.39 Å². The third-order valence-electron chi connectivity index (χ3n) is 2.32. The molecule has 1 aliphatic rings. The number of rotatable bonds is 2. The van der Waals surface area contributed by atoms with Gasteiger partial charge < -0.3 is 10.6 Å². The Labute approximate surface area is 115 Å². The molecule has 1 fully saturated rings. The molecule has 1 aromatic rings. The molecule has 0 aliphatic heterocycles. The number of para-hydroxylation sites is 1. The highest BCUT2D eigenvalue weighted by Crippen LogP contribution is 2.18. The van der Waals surface area contributed by atoms with Gasteiger partial charge in [0.15, 0.2) is 10.2 Å². The minimum Gasteiger partial charge on any atom is -0.359 e. The van der Waals surface area contributed by atoms with Crippen LogP contribution >= 0.6 is 24.4 Å². The smallest absolute Gasteiger partial charge is 0.189 e. The van der Waals surface area contributed by atoms with Gasteiger partial charge in [-0.2, -0.15) is 0 Å². The summed E-state index contributed by atoms with van der Waals surface area (Å²) >= 11 is 10.0. The first-order valence-electron chi connectivity index (χ1n) is 5.53. The van der Waals surface area contributed by atoms with E-state index in [1.165, 1.54) is 6.07 Å². The number of thiocarbonyl (C=S) groups is 2. The van der Waals surface area contributed by atoms with Crippen molar-refractivity contribution in [3.05, 3.63) is 30.1 Å². The van der Waals surface area contributed by atoms with Gasteiger partial charge in [-0.1, -0.05) is 12.1 Å². The van der Waals surface area contributed by atoms with Crippen LogP contribution in [0.2, 0.25) is 0 Å². The molecule has 0 aromatic heterocycles. The van der Waals surface area contributed by atoms with Gasteiger partial charge in [-0.3, -0.25) is 10.9 Å². The summed E-state index contributed by atoms with van der Waals surface area (Å²) in [6.07, 6.45) is 2.28. The summed E-state index contributed by atoms with van der Waals surface area (Å²) in [6, 6.07) is 6.77. The summed E-state index contributed by atoms with van der Waals surface area (Å²) in [5.74, 6) is -0.361. The molecular weight excluding hydrogens is 271 g/mol. The van der Waals surface area contributed by atoms with Gasteiger partial charge in [-0.15, -0.1) is 0 Å². The van der Waals surface area contributed by atoms with Crippen molar-refractivity contribution in [2.24, 2.45) is 0 Å². The van der Waals surface area contributed by atoms with Gasteiger partial charge in [-0.05, 0) is 49.4 Å². The highest BCUT2D eigenvalue weighted by molar-refractivity contribution is 7.80. The Bertz CT molecular complexity index is 462. The summed E-state index contributed by atoms with van der Waals surface area (Å²) in [5, 5.41) is 6.54. The van der Waals surface area contributed by atoms with E-state index in [-0.39, 0.29) is 10.9 Å². The maximum atomic E-state index is 13.3. The molecule has 18 heavy (non-hydrogen) atoms. The fourth-order valence-corrected chi connectivity index (χ4v) is 1.66. The minimum absolute atomic E-state index is 0.250. The lowest BCUT2D eigenvalue weighted by atomic mass is 10.3. The van der Waals surface area contributed by atoms with Gasteiger partial charge in [0.2, 0.25) is 0 Å². The predicted molar refractivity (Wildman–Crippen MR) is 77.6 cm³/mol. The van der Waals surface area contributed by atoms with Crippen molar-refractivity contribution in [1.82, 2.24) is 16.2 Å². The zero-order valence-electron chi connectivity index (χ0n) is 9.50. The molecule has 7 heteroatoms. The summed E-state index contributed by atoms with van der Waals surface area (Å²) in [6.45, 7) is 0. The van der Waals surface area contributed by atoms with Crippen molar-refractivity contribution >= 4 is 40.3 Å². The highest BCUT2D eigenvalue weighted by Gasteiger charge is 2.21. The van der Waals surface area contributed by atoms with E-state index in [0.717, 1.165) is 12.8 Å². The molecular formula is C11H13FN4S2. The summed E-state index contributed by atoms with van der Waals surface area (Å²) in [7, 11) is 0. The fourth-order valence-electron chi connectivity index (χ4n) is 1.28. The molecule has 1 aromatic carbocycles. The van der Waals surface area contributed by atoms with Crippen LogP contribution in [-0.2, 0) is 0 Å². The average Bonchev–Trinajstić information content (AvgIpc) is 3.13. The lowest BCUT2D eigenvalue weighted by Crippen LogP contribution is -2.48. The van der Waals surface area contributed by atoms with Crippen molar-refractivity contribution in [3.8, 4) is 0 Å². The van der Waals surface area contributed by atoms with Crippen LogP contribution in [-0.4, -0.2) is 16.3 Å². The van der Waals surface area contributed by atoms with Crippen LogP contribution in [0.1, 0.15) is 12.8 Å². The number of hydrogen-bond acceptors (Lipinski definition) is 2. The van der Waals surface area contributed by atoms with Crippen LogP contribution in [0.25, 0.3) is 0 Å². The van der Waals surface area contributed by atoms with Crippen LogP contribution in [0, 0.1) is 5.82 Å². The van der Waals surface area contributed by atoms with E-state index in [1.54, 1.807) is 18.2 Å². The summed E-state index contributed by atoms with van der Waals surface area (Å²) in [4.78, 5) is 0. The lowest BCUT2D eigenvalue weighted by molar-refractivity contribution is 0.632. The van der Waals surface area contributed by atoms with Gasteiger partial charge in [0.05, 0.1) is 5.69 Å². The number of anilines is 1. The number of nitrogens with one attached hydrogen (secondary N) is 4. The van der Waals surface area contributed by atoms with Gasteiger partial charge in [0, 0.05) is 6.04 Å². The molecule has 0 amide bonds. The third-order valence-corrected chi connectivity index (χ3v) is 2.75. The molecule has 1 saturated carbocycles. The molecule has 0 bridgehead atoms. The van der Waals surface area contributed by atoms with Crippen molar-refractivity contribution in [3.63, 3.8) is 0 Å². The second-order valence-electron chi connectivity index (χ2n) is 3.93. The van der Waals surface area contributed by atoms with E-state index in [0.29, 0.717) is 16.8 Å². The quantitative estimate of drug-likeness (QED) is 0.489. The molecule has 4 N–H and O–H groups in total. The van der Waals surface area contributed by atoms with Crippen LogP contribution in [0.15, 0.2) is 24.3 Å². The zero-order valence-corrected chi connectivity index (χ0v) is 11.1. The second-order valence-corrected chi connectivity index (χ2v) is 4.75. The van der Waals surface area contributed by atoms with Gasteiger partial charge in [-0.25, -0.2) is 4.39 Å². The molecule has 0 radical (unpaired) electrons. The third kappa shape index (κ3) is 4.08. The Morgan fingerprint density at radius 3 is 2.44 bits per heavy atom. The molecule has 0 atom stereocenters. The van der Waals surface area contributed by atoms with Crippen LogP contribution < -0.4 is 21.5 Å². The van der Waals surface area contributed by atoms with E-state index < -0.39 is 0 Å². The molecule has 2 rings (SSSR count). The molecule has 0 spiro atoms. The van der Waals surface area contributed by atoms with Gasteiger partial charge >= 0.3 is 0 Å². The number of hydrogen-bond donors (Lipinski definition) is 4. The van der Waals surface area contributed by atoms with E-state index in [9.17, 15) is 4.39 Å². The van der Waals surface area contributed by atoms with Crippen LogP contribution in [0.5, 0.6) is 0 Å². The topological polar surface area (TPSA) is 48.1 Å². The van der Waals surface area contributed by atoms with E-state index in [1.807, 2.05) is 0 Å². The fraction of sp³-hybridized carbons (Fsp3) is 0.273. The van der Waals surface area contributed by atoms with Crippen LogP contribution in [0.3, 0.4) is 0 Å². The van der Waals surface area contributed by atoms with Gasteiger partial charge in [0.25, 0.3) is 0 Å². The first kappa shape index (κ1) is 13.0. The Hall–Kier alpha value is -1.47. The Morgan fingerprint density at radius 2 is 1.78 bits per heavy atom. The first-order chi connectivity index (χ1) is 8.65. The summed E-state index contributed by atoms with van der Waals surface area (Å²) in [5.41, 5.74) is 5.75. The Kier molecular flexibility index (Phi) is 4.27. The molecule has 96 valence electrons.